The molecule has 0 saturated heterocycles. The summed E-state index contributed by atoms with van der Waals surface area (Å²) in [4.78, 5) is 15.6. The van der Waals surface area contributed by atoms with Gasteiger partial charge in [-0.1, -0.05) is 0 Å². The Balaban J connectivity index is 2.41. The highest BCUT2D eigenvalue weighted by atomic mass is 16.5. The minimum Gasteiger partial charge on any atom is -0.465 e. The third kappa shape index (κ3) is 2.67. The average molecular weight is 269 g/mol. The van der Waals surface area contributed by atoms with E-state index in [4.69, 9.17) is 15.7 Å². The Morgan fingerprint density at radius 2 is 2.20 bits per heavy atom. The van der Waals surface area contributed by atoms with E-state index in [1.165, 1.54) is 25.4 Å². The predicted molar refractivity (Wildman–Crippen MR) is 71.2 cm³/mol. The van der Waals surface area contributed by atoms with Gasteiger partial charge in [-0.2, -0.15) is 5.26 Å². The Morgan fingerprint density at radius 3 is 2.90 bits per heavy atom. The molecule has 0 amide bonds. The summed E-state index contributed by atoms with van der Waals surface area (Å²) in [6, 6.07) is 9.71. The number of pyridine rings is 1. The lowest BCUT2D eigenvalue weighted by Crippen LogP contribution is -2.05. The van der Waals surface area contributed by atoms with E-state index in [1.807, 2.05) is 6.07 Å². The Labute approximate surface area is 115 Å². The normalized spacial score (nSPS) is 9.60. The van der Waals surface area contributed by atoms with E-state index in [0.717, 1.165) is 0 Å². The molecule has 2 rings (SSSR count). The molecule has 20 heavy (non-hydrogen) atoms. The van der Waals surface area contributed by atoms with E-state index in [-0.39, 0.29) is 22.8 Å². The van der Waals surface area contributed by atoms with Gasteiger partial charge < -0.3 is 15.2 Å². The first-order valence-corrected chi connectivity index (χ1v) is 5.66. The van der Waals surface area contributed by atoms with Crippen LogP contribution in [0.25, 0.3) is 0 Å². The van der Waals surface area contributed by atoms with Gasteiger partial charge in [-0.15, -0.1) is 0 Å². The zero-order chi connectivity index (χ0) is 14.5. The molecule has 0 spiro atoms. The number of methoxy groups -OCH3 is 1. The summed E-state index contributed by atoms with van der Waals surface area (Å²) < 4.78 is 10.2. The molecule has 0 aliphatic rings. The molecule has 0 radical (unpaired) electrons. The van der Waals surface area contributed by atoms with Crippen LogP contribution in [0.15, 0.2) is 36.5 Å². The van der Waals surface area contributed by atoms with E-state index in [2.05, 4.69) is 9.72 Å². The van der Waals surface area contributed by atoms with Crippen LogP contribution in [0, 0.1) is 11.3 Å². The average Bonchev–Trinajstić information content (AvgIpc) is 2.48. The highest BCUT2D eigenvalue weighted by Crippen LogP contribution is 2.27. The number of ether oxygens (including phenoxy) is 2. The fraction of sp³-hybridized carbons (Fsp3) is 0.0714. The maximum absolute atomic E-state index is 11.6. The van der Waals surface area contributed by atoms with Crippen LogP contribution in [0.3, 0.4) is 0 Å². The molecule has 0 atom stereocenters. The van der Waals surface area contributed by atoms with E-state index < -0.39 is 5.97 Å². The van der Waals surface area contributed by atoms with Crippen LogP contribution in [0.4, 0.5) is 5.69 Å². The van der Waals surface area contributed by atoms with Gasteiger partial charge in [0, 0.05) is 11.9 Å². The Bertz CT molecular complexity index is 692. The summed E-state index contributed by atoms with van der Waals surface area (Å²) in [5.74, 6) is -0.228. The van der Waals surface area contributed by atoms with Gasteiger partial charge >= 0.3 is 5.97 Å². The van der Waals surface area contributed by atoms with Gasteiger partial charge in [0.1, 0.15) is 17.4 Å². The van der Waals surface area contributed by atoms with Crippen LogP contribution in [0.1, 0.15) is 15.9 Å². The van der Waals surface area contributed by atoms with Crippen LogP contribution in [0.2, 0.25) is 0 Å². The van der Waals surface area contributed by atoms with Crippen molar-refractivity contribution in [3.63, 3.8) is 0 Å². The molecule has 6 nitrogen and oxygen atoms in total. The van der Waals surface area contributed by atoms with Crippen molar-refractivity contribution in [3.8, 4) is 17.7 Å². The number of hydrogen-bond acceptors (Lipinski definition) is 6. The number of nitriles is 1. The second-order valence-electron chi connectivity index (χ2n) is 3.82. The van der Waals surface area contributed by atoms with Gasteiger partial charge in [0.05, 0.1) is 12.7 Å². The smallest absolute Gasteiger partial charge is 0.343 e. The van der Waals surface area contributed by atoms with Crippen LogP contribution < -0.4 is 10.5 Å². The number of aromatic nitrogens is 1. The second-order valence-corrected chi connectivity index (χ2v) is 3.82. The molecule has 6 heteroatoms. The summed E-state index contributed by atoms with van der Waals surface area (Å²) in [6.07, 6.45) is 1.48. The van der Waals surface area contributed by atoms with Gasteiger partial charge in [0.25, 0.3) is 0 Å². The van der Waals surface area contributed by atoms with E-state index in [0.29, 0.717) is 5.69 Å². The van der Waals surface area contributed by atoms with Crippen LogP contribution in [-0.4, -0.2) is 18.1 Å². The first-order chi connectivity index (χ1) is 9.65. The van der Waals surface area contributed by atoms with Crippen molar-refractivity contribution < 1.29 is 14.3 Å². The number of carbonyl (C=O) groups excluding carboxylic acids is 1. The lowest BCUT2D eigenvalue weighted by Gasteiger charge is -2.09. The lowest BCUT2D eigenvalue weighted by molar-refractivity contribution is 0.0597. The molecule has 2 N–H and O–H groups in total. The number of carbonyl (C=O) groups is 1. The highest BCUT2D eigenvalue weighted by molar-refractivity contribution is 5.91. The standard InChI is InChI=1S/C14H11N3O3/c1-19-14(18)11-3-2-6-17-13(11)20-12-5-4-10(16)7-9(12)8-15/h2-7H,16H2,1H3. The van der Waals surface area contributed by atoms with Crippen molar-refractivity contribution in [1.82, 2.24) is 4.98 Å². The predicted octanol–water partition coefficient (Wildman–Crippen LogP) is 2.11. The molecule has 0 aliphatic heterocycles. The molecular weight excluding hydrogens is 258 g/mol. The molecule has 100 valence electrons. The van der Waals surface area contributed by atoms with Crippen molar-refractivity contribution in [2.45, 2.75) is 0 Å². The SMILES string of the molecule is COC(=O)c1cccnc1Oc1ccc(N)cc1C#N. The minimum atomic E-state index is -0.568. The first kappa shape index (κ1) is 13.4. The molecule has 1 heterocycles. The van der Waals surface area contributed by atoms with Crippen molar-refractivity contribution in [2.75, 3.05) is 12.8 Å². The number of benzene rings is 1. The first-order valence-electron chi connectivity index (χ1n) is 5.66. The molecule has 0 unspecified atom stereocenters. The molecule has 1 aromatic heterocycles. The van der Waals surface area contributed by atoms with Crippen molar-refractivity contribution in [1.29, 1.82) is 5.26 Å². The highest BCUT2D eigenvalue weighted by Gasteiger charge is 2.15. The fourth-order valence-corrected chi connectivity index (χ4v) is 1.57. The molecule has 0 aliphatic carbocycles. The van der Waals surface area contributed by atoms with E-state index in [1.54, 1.807) is 18.2 Å². The maximum atomic E-state index is 11.6. The zero-order valence-electron chi connectivity index (χ0n) is 10.7. The monoisotopic (exact) mass is 269 g/mol. The summed E-state index contributed by atoms with van der Waals surface area (Å²) >= 11 is 0. The topological polar surface area (TPSA) is 98.2 Å². The van der Waals surface area contributed by atoms with Gasteiger partial charge in [0.15, 0.2) is 0 Å². The number of nitrogens with zero attached hydrogens (tertiary/aromatic N) is 2. The van der Waals surface area contributed by atoms with Crippen molar-refractivity contribution in [2.24, 2.45) is 0 Å². The molecule has 0 fully saturated rings. The third-order valence-electron chi connectivity index (χ3n) is 2.51. The quantitative estimate of drug-likeness (QED) is 0.676. The minimum absolute atomic E-state index is 0.0700. The largest absolute Gasteiger partial charge is 0.465 e. The lowest BCUT2D eigenvalue weighted by atomic mass is 10.2. The third-order valence-corrected chi connectivity index (χ3v) is 2.51. The summed E-state index contributed by atoms with van der Waals surface area (Å²) in [7, 11) is 1.27. The van der Waals surface area contributed by atoms with Gasteiger partial charge in [0.2, 0.25) is 5.88 Å². The Hall–Kier alpha value is -3.07. The van der Waals surface area contributed by atoms with Crippen LogP contribution in [-0.2, 0) is 4.74 Å². The van der Waals surface area contributed by atoms with Crippen LogP contribution >= 0.6 is 0 Å². The number of nitrogen functional groups attached to an aromatic ring is 1. The zero-order valence-corrected chi connectivity index (χ0v) is 10.7. The summed E-state index contributed by atoms with van der Waals surface area (Å²) in [6.45, 7) is 0. The Kier molecular flexibility index (Phi) is 3.82. The molecule has 0 bridgehead atoms. The maximum Gasteiger partial charge on any atom is 0.343 e. The number of hydrogen-bond donors (Lipinski definition) is 1. The summed E-state index contributed by atoms with van der Waals surface area (Å²) in [5.41, 5.74) is 6.48. The van der Waals surface area contributed by atoms with Gasteiger partial charge in [-0.25, -0.2) is 9.78 Å². The fourth-order valence-electron chi connectivity index (χ4n) is 1.57. The molecule has 2 aromatic rings. The van der Waals surface area contributed by atoms with Crippen molar-refractivity contribution in [3.05, 3.63) is 47.7 Å². The molecular formula is C14H11N3O3. The van der Waals surface area contributed by atoms with Crippen LogP contribution in [0.5, 0.6) is 11.6 Å². The van der Waals surface area contributed by atoms with Gasteiger partial charge in [-0.05, 0) is 30.3 Å². The van der Waals surface area contributed by atoms with E-state index >= 15 is 0 Å². The second kappa shape index (κ2) is 5.71. The Morgan fingerprint density at radius 1 is 1.40 bits per heavy atom. The number of rotatable bonds is 3. The molecule has 0 saturated carbocycles. The molecule has 1 aromatic carbocycles. The van der Waals surface area contributed by atoms with Crippen molar-refractivity contribution >= 4 is 11.7 Å². The number of nitrogens with two attached hydrogens (primary N) is 1. The number of anilines is 1. The summed E-state index contributed by atoms with van der Waals surface area (Å²) in [5, 5.41) is 9.05. The van der Waals surface area contributed by atoms with Gasteiger partial charge in [-0.3, -0.25) is 0 Å². The van der Waals surface area contributed by atoms with E-state index in [9.17, 15) is 4.79 Å². The number of esters is 1.